The van der Waals surface area contributed by atoms with Gasteiger partial charge >= 0.3 is 11.6 Å². The van der Waals surface area contributed by atoms with E-state index in [0.29, 0.717) is 46.6 Å². The van der Waals surface area contributed by atoms with Crippen molar-refractivity contribution >= 4 is 5.97 Å². The van der Waals surface area contributed by atoms with Crippen molar-refractivity contribution in [1.29, 1.82) is 5.26 Å². The molecule has 4 atom stereocenters. The molecule has 5 rings (SSSR count). The number of esters is 1. The maximum Gasteiger partial charge on any atom is 0.343 e. The molecule has 1 aliphatic carbocycles. The Labute approximate surface area is 209 Å². The number of nitriles is 1. The standard InChI is InChI=1S/C29H26N2O5/c1-17(2)21-11-22-13-23-25(14-24(34-28(23)33)20-5-4-10-31-16-20)36-29(22,3)26(12-21)35-27(32)19-8-6-18(15-30)7-9-19/h4-10,14,16,21-22,26H,1,11-13H2,2-3H3. The van der Waals surface area contributed by atoms with Crippen LogP contribution in [-0.2, 0) is 11.2 Å². The van der Waals surface area contributed by atoms with E-state index in [1.54, 1.807) is 48.8 Å². The molecule has 1 saturated carbocycles. The van der Waals surface area contributed by atoms with Crippen LogP contribution < -0.4 is 10.4 Å². The van der Waals surface area contributed by atoms with Crippen LogP contribution in [0.15, 0.2) is 76.2 Å². The van der Waals surface area contributed by atoms with E-state index in [1.807, 2.05) is 26.0 Å². The molecular formula is C29H26N2O5. The number of hydrogen-bond acceptors (Lipinski definition) is 7. The van der Waals surface area contributed by atoms with Gasteiger partial charge in [-0.05, 0) is 75.4 Å². The van der Waals surface area contributed by atoms with Gasteiger partial charge in [0.15, 0.2) is 0 Å². The number of pyridine rings is 1. The van der Waals surface area contributed by atoms with Crippen molar-refractivity contribution in [1.82, 2.24) is 4.98 Å². The molecular weight excluding hydrogens is 456 g/mol. The van der Waals surface area contributed by atoms with Crippen LogP contribution in [0, 0.1) is 23.2 Å². The Morgan fingerprint density at radius 3 is 2.69 bits per heavy atom. The minimum Gasteiger partial charge on any atom is -0.483 e. The van der Waals surface area contributed by atoms with Gasteiger partial charge in [-0.15, -0.1) is 0 Å². The number of nitrogens with zero attached hydrogens (tertiary/aromatic N) is 2. The van der Waals surface area contributed by atoms with Crippen molar-refractivity contribution in [2.45, 2.75) is 44.8 Å². The molecule has 0 amide bonds. The van der Waals surface area contributed by atoms with Crippen LogP contribution in [0.3, 0.4) is 0 Å². The van der Waals surface area contributed by atoms with Crippen molar-refractivity contribution in [3.63, 3.8) is 0 Å². The predicted molar refractivity (Wildman–Crippen MR) is 132 cm³/mol. The highest BCUT2D eigenvalue weighted by atomic mass is 16.6. The number of fused-ring (bicyclic) bond motifs is 2. The monoisotopic (exact) mass is 482 g/mol. The number of benzene rings is 1. The molecule has 36 heavy (non-hydrogen) atoms. The van der Waals surface area contributed by atoms with E-state index in [4.69, 9.17) is 19.2 Å². The smallest absolute Gasteiger partial charge is 0.343 e. The zero-order valence-electron chi connectivity index (χ0n) is 20.2. The minimum absolute atomic E-state index is 0.0774. The lowest BCUT2D eigenvalue weighted by molar-refractivity contribution is -0.129. The number of rotatable bonds is 4. The van der Waals surface area contributed by atoms with Crippen LogP contribution in [0.4, 0.5) is 0 Å². The number of carbonyl (C=O) groups is 1. The third-order valence-corrected chi connectivity index (χ3v) is 7.45. The summed E-state index contributed by atoms with van der Waals surface area (Å²) < 4.78 is 18.2. The van der Waals surface area contributed by atoms with Gasteiger partial charge in [-0.3, -0.25) is 4.98 Å². The summed E-state index contributed by atoms with van der Waals surface area (Å²) in [5.74, 6) is 0.373. The first-order valence-corrected chi connectivity index (χ1v) is 11.9. The lowest BCUT2D eigenvalue weighted by Crippen LogP contribution is -2.59. The van der Waals surface area contributed by atoms with Crippen LogP contribution in [0.1, 0.15) is 48.2 Å². The van der Waals surface area contributed by atoms with Gasteiger partial charge in [-0.2, -0.15) is 5.26 Å². The SMILES string of the molecule is C=C(C)C1CC2Cc3c(cc(-c4cccnc4)oc3=O)OC2(C)C(OC(=O)c2ccc(C#N)cc2)C1. The van der Waals surface area contributed by atoms with Crippen LogP contribution in [0.25, 0.3) is 11.3 Å². The average molecular weight is 483 g/mol. The molecule has 4 unspecified atom stereocenters. The fraction of sp³-hybridized carbons (Fsp3) is 0.310. The summed E-state index contributed by atoms with van der Waals surface area (Å²) in [6.45, 7) is 8.06. The summed E-state index contributed by atoms with van der Waals surface area (Å²) in [5.41, 5.74) is 1.71. The van der Waals surface area contributed by atoms with Gasteiger partial charge in [0.05, 0.1) is 22.8 Å². The molecule has 2 aromatic heterocycles. The van der Waals surface area contributed by atoms with Crippen LogP contribution in [0.2, 0.25) is 0 Å². The minimum atomic E-state index is -0.846. The van der Waals surface area contributed by atoms with E-state index in [9.17, 15) is 9.59 Å². The predicted octanol–water partition coefficient (Wildman–Crippen LogP) is 5.09. The summed E-state index contributed by atoms with van der Waals surface area (Å²) in [6, 6.07) is 13.7. The first-order chi connectivity index (χ1) is 17.3. The Kier molecular flexibility index (Phi) is 5.97. The van der Waals surface area contributed by atoms with E-state index in [-0.39, 0.29) is 11.8 Å². The Balaban J connectivity index is 1.50. The van der Waals surface area contributed by atoms with Gasteiger partial charge in [0, 0.05) is 29.9 Å². The Morgan fingerprint density at radius 1 is 1.25 bits per heavy atom. The van der Waals surface area contributed by atoms with Gasteiger partial charge < -0.3 is 13.9 Å². The molecule has 0 N–H and O–H groups in total. The highest BCUT2D eigenvalue weighted by molar-refractivity contribution is 5.89. The van der Waals surface area contributed by atoms with Crippen molar-refractivity contribution in [2.75, 3.05) is 0 Å². The number of carbonyl (C=O) groups excluding carboxylic acids is 1. The molecule has 7 nitrogen and oxygen atoms in total. The quantitative estimate of drug-likeness (QED) is 0.377. The van der Waals surface area contributed by atoms with Gasteiger partial charge in [-0.25, -0.2) is 9.59 Å². The maximum atomic E-state index is 13.1. The third kappa shape index (κ3) is 4.20. The second kappa shape index (κ2) is 9.12. The zero-order valence-corrected chi connectivity index (χ0v) is 20.2. The molecule has 1 aromatic carbocycles. The second-order valence-corrected chi connectivity index (χ2v) is 9.77. The molecule has 0 saturated heterocycles. The molecule has 182 valence electrons. The van der Waals surface area contributed by atoms with E-state index in [0.717, 1.165) is 12.0 Å². The first-order valence-electron chi connectivity index (χ1n) is 11.9. The molecule has 0 spiro atoms. The number of hydrogen-bond donors (Lipinski definition) is 0. The van der Waals surface area contributed by atoms with E-state index >= 15 is 0 Å². The summed E-state index contributed by atoms with van der Waals surface area (Å²) in [6.07, 6.45) is 4.49. The van der Waals surface area contributed by atoms with Crippen molar-refractivity contribution in [2.24, 2.45) is 11.8 Å². The highest BCUT2D eigenvalue weighted by Gasteiger charge is 2.54. The van der Waals surface area contributed by atoms with E-state index in [2.05, 4.69) is 11.6 Å². The van der Waals surface area contributed by atoms with Crippen LogP contribution in [-0.4, -0.2) is 22.7 Å². The maximum absolute atomic E-state index is 13.1. The molecule has 7 heteroatoms. The number of ether oxygens (including phenoxy) is 2. The fourth-order valence-corrected chi connectivity index (χ4v) is 5.22. The molecule has 1 fully saturated rings. The summed E-state index contributed by atoms with van der Waals surface area (Å²) in [4.78, 5) is 30.2. The summed E-state index contributed by atoms with van der Waals surface area (Å²) in [7, 11) is 0. The summed E-state index contributed by atoms with van der Waals surface area (Å²) in [5, 5.41) is 9.04. The normalized spacial score (nSPS) is 24.4. The molecule has 1 aliphatic heterocycles. The van der Waals surface area contributed by atoms with Crippen LogP contribution >= 0.6 is 0 Å². The molecule has 3 heterocycles. The first kappa shape index (κ1) is 23.6. The lowest BCUT2D eigenvalue weighted by atomic mass is 9.65. The Bertz CT molecular complexity index is 1420. The zero-order chi connectivity index (χ0) is 25.4. The van der Waals surface area contributed by atoms with Gasteiger partial charge in [0.1, 0.15) is 23.2 Å². The topological polar surface area (TPSA) is 102 Å². The Hall–Kier alpha value is -4.18. The largest absolute Gasteiger partial charge is 0.483 e. The molecule has 0 bridgehead atoms. The average Bonchev–Trinajstić information content (AvgIpc) is 2.88. The molecule has 0 radical (unpaired) electrons. The summed E-state index contributed by atoms with van der Waals surface area (Å²) >= 11 is 0. The lowest BCUT2D eigenvalue weighted by Gasteiger charge is -2.51. The third-order valence-electron chi connectivity index (χ3n) is 7.45. The Morgan fingerprint density at radius 2 is 2.03 bits per heavy atom. The van der Waals surface area contributed by atoms with Crippen molar-refractivity contribution in [3.05, 3.63) is 94.1 Å². The van der Waals surface area contributed by atoms with Crippen molar-refractivity contribution in [3.8, 4) is 23.1 Å². The van der Waals surface area contributed by atoms with E-state index < -0.39 is 23.3 Å². The van der Waals surface area contributed by atoms with Crippen LogP contribution in [0.5, 0.6) is 5.75 Å². The van der Waals surface area contributed by atoms with Crippen molar-refractivity contribution < 1.29 is 18.7 Å². The highest BCUT2D eigenvalue weighted by Crippen LogP contribution is 2.49. The molecule has 2 aliphatic rings. The van der Waals surface area contributed by atoms with Gasteiger partial charge in [-0.1, -0.05) is 12.2 Å². The second-order valence-electron chi connectivity index (χ2n) is 9.77. The number of allylic oxidation sites excluding steroid dienone is 1. The van der Waals surface area contributed by atoms with Gasteiger partial charge in [0.25, 0.3) is 0 Å². The van der Waals surface area contributed by atoms with E-state index in [1.165, 1.54) is 0 Å². The number of aromatic nitrogens is 1. The fourth-order valence-electron chi connectivity index (χ4n) is 5.22. The molecule has 3 aromatic rings. The van der Waals surface area contributed by atoms with Gasteiger partial charge in [0.2, 0.25) is 0 Å².